The second-order valence-electron chi connectivity index (χ2n) is 7.63. The molecule has 3 rings (SSSR count). The Hall–Kier alpha value is -3.80. The van der Waals surface area contributed by atoms with Crippen molar-refractivity contribution in [2.45, 2.75) is 12.7 Å². The Morgan fingerprint density at radius 1 is 0.972 bits per heavy atom. The Morgan fingerprint density at radius 3 is 2.14 bits per heavy atom. The fourth-order valence-electron chi connectivity index (χ4n) is 3.41. The molecule has 12 heteroatoms. The van der Waals surface area contributed by atoms with Crippen LogP contribution in [0, 0.1) is 5.82 Å². The first kappa shape index (κ1) is 26.8. The Labute approximate surface area is 205 Å². The van der Waals surface area contributed by atoms with E-state index in [2.05, 4.69) is 5.32 Å². The van der Waals surface area contributed by atoms with E-state index in [9.17, 15) is 30.8 Å². The van der Waals surface area contributed by atoms with Crippen LogP contribution in [0.25, 0.3) is 0 Å². The molecule has 0 aromatic heterocycles. The van der Waals surface area contributed by atoms with Crippen LogP contribution in [0.1, 0.15) is 21.5 Å². The molecule has 36 heavy (non-hydrogen) atoms. The SMILES string of the molecule is COc1cc(C(=O)Nc2ccc(F)c(C(F)(F)F)c2)c(N(Cc2ccccc2)S(C)(=O)=O)cc1OC. The molecule has 0 aliphatic carbocycles. The van der Waals surface area contributed by atoms with E-state index >= 15 is 0 Å². The lowest BCUT2D eigenvalue weighted by molar-refractivity contribution is -0.139. The van der Waals surface area contributed by atoms with Crippen LogP contribution in [0.2, 0.25) is 0 Å². The Morgan fingerprint density at radius 2 is 1.58 bits per heavy atom. The minimum atomic E-state index is -4.98. The van der Waals surface area contributed by atoms with E-state index in [4.69, 9.17) is 9.47 Å². The highest BCUT2D eigenvalue weighted by Gasteiger charge is 2.34. The Bertz CT molecular complexity index is 1360. The number of alkyl halides is 3. The average Bonchev–Trinajstić information content (AvgIpc) is 2.82. The van der Waals surface area contributed by atoms with Gasteiger partial charge in [0.25, 0.3) is 5.91 Å². The molecule has 0 heterocycles. The lowest BCUT2D eigenvalue weighted by Crippen LogP contribution is -2.31. The average molecular weight is 527 g/mol. The van der Waals surface area contributed by atoms with Gasteiger partial charge in [0.1, 0.15) is 5.82 Å². The van der Waals surface area contributed by atoms with Gasteiger partial charge in [0.2, 0.25) is 10.0 Å². The largest absolute Gasteiger partial charge is 0.493 e. The number of hydrogen-bond acceptors (Lipinski definition) is 5. The molecule has 192 valence electrons. The fraction of sp³-hybridized carbons (Fsp3) is 0.208. The summed E-state index contributed by atoms with van der Waals surface area (Å²) < 4.78 is 90.0. The highest BCUT2D eigenvalue weighted by Crippen LogP contribution is 2.38. The maximum absolute atomic E-state index is 13.7. The zero-order chi connectivity index (χ0) is 26.7. The van der Waals surface area contributed by atoms with E-state index in [0.29, 0.717) is 17.7 Å². The quantitative estimate of drug-likeness (QED) is 0.414. The molecule has 0 bridgehead atoms. The summed E-state index contributed by atoms with van der Waals surface area (Å²) in [5.41, 5.74) is -1.63. The molecular formula is C24H22F4N2O5S. The summed E-state index contributed by atoms with van der Waals surface area (Å²) in [6.45, 7) is -0.149. The maximum atomic E-state index is 13.7. The number of methoxy groups -OCH3 is 2. The van der Waals surface area contributed by atoms with E-state index in [1.807, 2.05) is 0 Å². The second kappa shape index (κ2) is 10.4. The van der Waals surface area contributed by atoms with Gasteiger partial charge in [-0.25, -0.2) is 12.8 Å². The van der Waals surface area contributed by atoms with Crippen LogP contribution in [0.15, 0.2) is 60.7 Å². The number of amides is 1. The molecule has 1 N–H and O–H groups in total. The number of ether oxygens (including phenoxy) is 2. The molecule has 0 fully saturated rings. The van der Waals surface area contributed by atoms with Crippen molar-refractivity contribution in [3.63, 3.8) is 0 Å². The summed E-state index contributed by atoms with van der Waals surface area (Å²) in [5, 5.41) is 2.27. The molecule has 0 atom stereocenters. The monoisotopic (exact) mass is 526 g/mol. The normalized spacial score (nSPS) is 11.6. The third-order valence-corrected chi connectivity index (χ3v) is 6.24. The number of carbonyl (C=O) groups is 1. The molecule has 0 saturated carbocycles. The molecule has 0 radical (unpaired) electrons. The number of sulfonamides is 1. The van der Waals surface area contributed by atoms with Crippen molar-refractivity contribution in [3.05, 3.63) is 83.2 Å². The van der Waals surface area contributed by atoms with E-state index in [1.54, 1.807) is 30.3 Å². The van der Waals surface area contributed by atoms with E-state index < -0.39 is 33.5 Å². The fourth-order valence-corrected chi connectivity index (χ4v) is 4.30. The van der Waals surface area contributed by atoms with Gasteiger partial charge in [-0.05, 0) is 29.8 Å². The van der Waals surface area contributed by atoms with Gasteiger partial charge in [0.15, 0.2) is 11.5 Å². The predicted molar refractivity (Wildman–Crippen MR) is 126 cm³/mol. The van der Waals surface area contributed by atoms with Crippen molar-refractivity contribution >= 4 is 27.3 Å². The molecule has 3 aromatic rings. The van der Waals surface area contributed by atoms with Crippen molar-refractivity contribution in [2.24, 2.45) is 0 Å². The van der Waals surface area contributed by atoms with Gasteiger partial charge >= 0.3 is 6.18 Å². The number of nitrogens with one attached hydrogen (secondary N) is 1. The van der Waals surface area contributed by atoms with E-state index in [-0.39, 0.29) is 35.0 Å². The zero-order valence-electron chi connectivity index (χ0n) is 19.4. The molecule has 0 aliphatic rings. The number of nitrogens with zero attached hydrogens (tertiary/aromatic N) is 1. The number of halogens is 4. The minimum absolute atomic E-state index is 0.0784. The van der Waals surface area contributed by atoms with Crippen molar-refractivity contribution in [3.8, 4) is 11.5 Å². The number of rotatable bonds is 8. The first-order valence-electron chi connectivity index (χ1n) is 10.3. The second-order valence-corrected chi connectivity index (χ2v) is 9.53. The van der Waals surface area contributed by atoms with Gasteiger partial charge in [-0.1, -0.05) is 30.3 Å². The maximum Gasteiger partial charge on any atom is 0.419 e. The summed E-state index contributed by atoms with van der Waals surface area (Å²) in [7, 11) is -1.34. The van der Waals surface area contributed by atoms with Crippen molar-refractivity contribution < 1.29 is 40.2 Å². The summed E-state index contributed by atoms with van der Waals surface area (Å²) in [5.74, 6) is -2.26. The van der Waals surface area contributed by atoms with Crippen LogP contribution in [0.5, 0.6) is 11.5 Å². The van der Waals surface area contributed by atoms with Gasteiger partial charge in [0.05, 0.1) is 43.8 Å². The molecule has 3 aromatic carbocycles. The molecule has 0 aliphatic heterocycles. The minimum Gasteiger partial charge on any atom is -0.493 e. The van der Waals surface area contributed by atoms with Gasteiger partial charge in [0, 0.05) is 11.8 Å². The number of benzene rings is 3. The molecule has 0 saturated heterocycles. The van der Waals surface area contributed by atoms with Gasteiger partial charge in [-0.3, -0.25) is 9.10 Å². The number of hydrogen-bond donors (Lipinski definition) is 1. The van der Waals surface area contributed by atoms with Crippen molar-refractivity contribution in [2.75, 3.05) is 30.1 Å². The van der Waals surface area contributed by atoms with Crippen molar-refractivity contribution in [1.29, 1.82) is 0 Å². The lowest BCUT2D eigenvalue weighted by Gasteiger charge is -2.26. The van der Waals surface area contributed by atoms with E-state index in [1.165, 1.54) is 26.4 Å². The Kier molecular flexibility index (Phi) is 7.77. The molecule has 7 nitrogen and oxygen atoms in total. The number of carbonyl (C=O) groups excluding carboxylic acids is 1. The molecule has 0 unspecified atom stereocenters. The van der Waals surface area contributed by atoms with Gasteiger partial charge in [-0.2, -0.15) is 13.2 Å². The third-order valence-electron chi connectivity index (χ3n) is 5.11. The lowest BCUT2D eigenvalue weighted by atomic mass is 10.1. The predicted octanol–water partition coefficient (Wildman–Crippen LogP) is 5.08. The topological polar surface area (TPSA) is 84.9 Å². The van der Waals surface area contributed by atoms with Crippen LogP contribution < -0.4 is 19.1 Å². The van der Waals surface area contributed by atoms with Gasteiger partial charge < -0.3 is 14.8 Å². The van der Waals surface area contributed by atoms with Crippen LogP contribution in [0.3, 0.4) is 0 Å². The summed E-state index contributed by atoms with van der Waals surface area (Å²) in [4.78, 5) is 13.2. The number of anilines is 2. The van der Waals surface area contributed by atoms with Crippen LogP contribution >= 0.6 is 0 Å². The smallest absolute Gasteiger partial charge is 0.419 e. The summed E-state index contributed by atoms with van der Waals surface area (Å²) in [6, 6.07) is 13.0. The molecular weight excluding hydrogens is 504 g/mol. The first-order valence-corrected chi connectivity index (χ1v) is 12.2. The molecule has 1 amide bonds. The van der Waals surface area contributed by atoms with Crippen molar-refractivity contribution in [1.82, 2.24) is 0 Å². The Balaban J connectivity index is 2.13. The van der Waals surface area contributed by atoms with Crippen LogP contribution in [-0.4, -0.2) is 34.8 Å². The van der Waals surface area contributed by atoms with Crippen LogP contribution in [0.4, 0.5) is 28.9 Å². The summed E-state index contributed by atoms with van der Waals surface area (Å²) >= 11 is 0. The molecule has 0 spiro atoms. The van der Waals surface area contributed by atoms with E-state index in [0.717, 1.165) is 16.6 Å². The third kappa shape index (κ3) is 6.06. The highest BCUT2D eigenvalue weighted by atomic mass is 32.2. The zero-order valence-corrected chi connectivity index (χ0v) is 20.2. The van der Waals surface area contributed by atoms with Gasteiger partial charge in [-0.15, -0.1) is 0 Å². The standard InChI is InChI=1S/C24H22F4N2O5S/c1-34-21-12-17(23(31)29-16-9-10-19(25)18(11-16)24(26,27)28)20(13-22(21)35-2)30(36(3,32)33)14-15-7-5-4-6-8-15/h4-13H,14H2,1-3H3,(H,29,31). The first-order chi connectivity index (χ1) is 16.8. The highest BCUT2D eigenvalue weighted by molar-refractivity contribution is 7.92. The van der Waals surface area contributed by atoms with Crippen LogP contribution in [-0.2, 0) is 22.7 Å². The summed E-state index contributed by atoms with van der Waals surface area (Å²) in [6.07, 6.45) is -4.04.